The lowest BCUT2D eigenvalue weighted by molar-refractivity contribution is -0.153. The number of aliphatic imine (C=N–C) groups is 1. The van der Waals surface area contributed by atoms with Crippen molar-refractivity contribution in [3.8, 4) is 0 Å². The second kappa shape index (κ2) is 3.80. The smallest absolute Gasteiger partial charge is 0.349 e. The van der Waals surface area contributed by atoms with Crippen molar-refractivity contribution in [2.45, 2.75) is 11.2 Å². The highest BCUT2D eigenvalue weighted by Gasteiger charge is 2.53. The summed E-state index contributed by atoms with van der Waals surface area (Å²) in [5, 5.41) is 2.01. The Labute approximate surface area is 101 Å². The number of nitrogens with one attached hydrogen (secondary N) is 1. The monoisotopic (exact) mass is 263 g/mol. The predicted molar refractivity (Wildman–Crippen MR) is 59.7 cm³/mol. The van der Waals surface area contributed by atoms with Gasteiger partial charge in [0.1, 0.15) is 0 Å². The van der Waals surface area contributed by atoms with E-state index in [4.69, 9.17) is 11.6 Å². The van der Waals surface area contributed by atoms with E-state index in [2.05, 4.69) is 4.99 Å². The first kappa shape index (κ1) is 12.0. The molecule has 1 aliphatic rings. The minimum atomic E-state index is -4.60. The summed E-state index contributed by atoms with van der Waals surface area (Å²) in [6, 6.07) is 3.39. The van der Waals surface area contributed by atoms with E-state index < -0.39 is 11.2 Å². The minimum Gasteiger partial charge on any atom is -0.349 e. The summed E-state index contributed by atoms with van der Waals surface area (Å²) in [4.78, 5) is 1.26. The van der Waals surface area contributed by atoms with Gasteiger partial charge in [-0.25, -0.2) is 4.99 Å². The van der Waals surface area contributed by atoms with Gasteiger partial charge in [-0.15, -0.1) is 0 Å². The normalized spacial score (nSPS) is 24.4. The van der Waals surface area contributed by atoms with Crippen LogP contribution in [0.5, 0.6) is 0 Å². The fraction of sp³-hybridized carbons (Fsp3) is 0.300. The fourth-order valence-corrected chi connectivity index (χ4v) is 1.65. The summed E-state index contributed by atoms with van der Waals surface area (Å²) in [6.07, 6.45) is -1.05. The molecule has 2 heterocycles. The standard InChI is InChI=1S/C10H9ClF3N3/c1-17-4-2-3-8(17)7-5-9(11,10(12,13)14)16-6-15-7/h2-6H,1H3,(H,15,16). The first-order chi connectivity index (χ1) is 7.83. The maximum Gasteiger partial charge on any atom is 0.429 e. The molecular weight excluding hydrogens is 255 g/mol. The lowest BCUT2D eigenvalue weighted by atomic mass is 10.1. The van der Waals surface area contributed by atoms with Gasteiger partial charge < -0.3 is 9.88 Å². The number of alkyl halides is 4. The second-order valence-electron chi connectivity index (χ2n) is 3.65. The summed E-state index contributed by atoms with van der Waals surface area (Å²) in [6.45, 7) is 0. The van der Waals surface area contributed by atoms with Gasteiger partial charge in [0.05, 0.1) is 17.7 Å². The van der Waals surface area contributed by atoms with Crippen LogP contribution in [0.3, 0.4) is 0 Å². The number of aryl methyl sites for hydroxylation is 1. The molecule has 3 nitrogen and oxygen atoms in total. The molecule has 17 heavy (non-hydrogen) atoms. The molecule has 0 aliphatic carbocycles. The molecule has 1 aromatic rings. The molecule has 1 aliphatic heterocycles. The van der Waals surface area contributed by atoms with E-state index in [0.29, 0.717) is 5.69 Å². The average Bonchev–Trinajstić information content (AvgIpc) is 2.63. The highest BCUT2D eigenvalue weighted by atomic mass is 35.5. The van der Waals surface area contributed by atoms with Gasteiger partial charge in [-0.1, -0.05) is 11.6 Å². The summed E-state index contributed by atoms with van der Waals surface area (Å²) < 4.78 is 39.9. The quantitative estimate of drug-likeness (QED) is 0.612. The highest BCUT2D eigenvalue weighted by Crippen LogP contribution is 2.38. The first-order valence-electron chi connectivity index (χ1n) is 4.74. The van der Waals surface area contributed by atoms with Gasteiger partial charge in [-0.2, -0.15) is 13.2 Å². The molecule has 0 spiro atoms. The summed E-state index contributed by atoms with van der Waals surface area (Å²) in [5.74, 6) is 0. The summed E-state index contributed by atoms with van der Waals surface area (Å²) in [5.41, 5.74) is 0.751. The molecule has 0 amide bonds. The van der Waals surface area contributed by atoms with Gasteiger partial charge in [0.2, 0.25) is 5.00 Å². The molecule has 0 saturated heterocycles. The molecule has 1 aromatic heterocycles. The van der Waals surface area contributed by atoms with Gasteiger partial charge in [0.15, 0.2) is 0 Å². The Balaban J connectivity index is 2.43. The number of nitrogens with zero attached hydrogens (tertiary/aromatic N) is 2. The van der Waals surface area contributed by atoms with Crippen molar-refractivity contribution >= 4 is 23.6 Å². The van der Waals surface area contributed by atoms with Gasteiger partial charge in [0, 0.05) is 13.2 Å². The second-order valence-corrected chi connectivity index (χ2v) is 4.24. The van der Waals surface area contributed by atoms with Crippen LogP contribution in [-0.4, -0.2) is 22.1 Å². The van der Waals surface area contributed by atoms with Gasteiger partial charge in [0.25, 0.3) is 0 Å². The maximum atomic E-state index is 12.7. The lowest BCUT2D eigenvalue weighted by Gasteiger charge is -2.29. The van der Waals surface area contributed by atoms with Crippen molar-refractivity contribution in [3.05, 3.63) is 30.1 Å². The van der Waals surface area contributed by atoms with E-state index >= 15 is 0 Å². The molecule has 1 N–H and O–H groups in total. The Morgan fingerprint density at radius 1 is 1.47 bits per heavy atom. The predicted octanol–water partition coefficient (Wildman–Crippen LogP) is 2.49. The third kappa shape index (κ3) is 2.04. The molecule has 1 unspecified atom stereocenters. The van der Waals surface area contributed by atoms with E-state index in [1.54, 1.807) is 29.9 Å². The summed E-state index contributed by atoms with van der Waals surface area (Å²) >= 11 is 5.50. The molecule has 7 heteroatoms. The van der Waals surface area contributed by atoms with E-state index in [-0.39, 0.29) is 5.70 Å². The van der Waals surface area contributed by atoms with Crippen LogP contribution < -0.4 is 5.32 Å². The number of hydrogen-bond acceptors (Lipinski definition) is 2. The van der Waals surface area contributed by atoms with Crippen LogP contribution >= 0.6 is 11.6 Å². The van der Waals surface area contributed by atoms with Crippen LogP contribution in [0.1, 0.15) is 5.69 Å². The van der Waals surface area contributed by atoms with Crippen molar-refractivity contribution in [2.24, 2.45) is 12.0 Å². The molecule has 0 bridgehead atoms. The van der Waals surface area contributed by atoms with E-state index in [1.165, 1.54) is 0 Å². The maximum absolute atomic E-state index is 12.7. The molecule has 0 fully saturated rings. The largest absolute Gasteiger partial charge is 0.429 e. The zero-order chi connectivity index (χ0) is 12.7. The lowest BCUT2D eigenvalue weighted by Crippen LogP contribution is -2.51. The van der Waals surface area contributed by atoms with Crippen LogP contribution in [-0.2, 0) is 7.05 Å². The number of rotatable bonds is 1. The Morgan fingerprint density at radius 2 is 2.18 bits per heavy atom. The fourth-order valence-electron chi connectivity index (χ4n) is 1.49. The zero-order valence-electron chi connectivity index (χ0n) is 8.79. The molecule has 2 rings (SSSR count). The molecule has 0 saturated carbocycles. The Bertz CT molecular complexity index is 489. The number of aromatic nitrogens is 1. The first-order valence-corrected chi connectivity index (χ1v) is 5.12. The van der Waals surface area contributed by atoms with Crippen LogP contribution in [0.15, 0.2) is 29.4 Å². The number of hydrogen-bond donors (Lipinski definition) is 1. The van der Waals surface area contributed by atoms with Crippen molar-refractivity contribution < 1.29 is 13.2 Å². The third-order valence-corrected chi connectivity index (χ3v) is 2.87. The zero-order valence-corrected chi connectivity index (χ0v) is 9.55. The third-order valence-electron chi connectivity index (χ3n) is 2.43. The molecule has 0 radical (unpaired) electrons. The van der Waals surface area contributed by atoms with Crippen LogP contribution in [0, 0.1) is 0 Å². The molecule has 0 aromatic carbocycles. The minimum absolute atomic E-state index is 0.184. The van der Waals surface area contributed by atoms with E-state index in [9.17, 15) is 13.2 Å². The van der Waals surface area contributed by atoms with Crippen molar-refractivity contribution in [2.75, 3.05) is 0 Å². The van der Waals surface area contributed by atoms with Crippen molar-refractivity contribution in [3.63, 3.8) is 0 Å². The molecule has 92 valence electrons. The number of halogens is 4. The molecule has 1 atom stereocenters. The SMILES string of the molecule is Cn1cccc1C1=CC(Cl)(C(F)(F)F)NC=N1. The highest BCUT2D eigenvalue weighted by molar-refractivity contribution is 6.27. The Kier molecular flexibility index (Phi) is 2.69. The van der Waals surface area contributed by atoms with Gasteiger partial charge >= 0.3 is 6.18 Å². The topological polar surface area (TPSA) is 29.3 Å². The van der Waals surface area contributed by atoms with E-state index in [1.807, 2.05) is 5.32 Å². The van der Waals surface area contributed by atoms with Crippen molar-refractivity contribution in [1.29, 1.82) is 0 Å². The van der Waals surface area contributed by atoms with Gasteiger partial charge in [-0.05, 0) is 18.2 Å². The van der Waals surface area contributed by atoms with Crippen molar-refractivity contribution in [1.82, 2.24) is 9.88 Å². The Hall–Kier alpha value is -1.43. The Morgan fingerprint density at radius 3 is 2.71 bits per heavy atom. The van der Waals surface area contributed by atoms with Crippen LogP contribution in [0.2, 0.25) is 0 Å². The molecular formula is C10H9ClF3N3. The summed E-state index contributed by atoms with van der Waals surface area (Å²) in [7, 11) is 1.72. The average molecular weight is 264 g/mol. The van der Waals surface area contributed by atoms with Gasteiger partial charge in [-0.3, -0.25) is 0 Å². The van der Waals surface area contributed by atoms with Crippen LogP contribution in [0.25, 0.3) is 5.70 Å². The van der Waals surface area contributed by atoms with E-state index in [0.717, 1.165) is 12.4 Å². The van der Waals surface area contributed by atoms with Crippen LogP contribution in [0.4, 0.5) is 13.2 Å².